The summed E-state index contributed by atoms with van der Waals surface area (Å²) in [6.07, 6.45) is 1.07. The van der Waals surface area contributed by atoms with Crippen molar-refractivity contribution in [1.29, 1.82) is 0 Å². The lowest BCUT2D eigenvalue weighted by atomic mass is 10.0. The van der Waals surface area contributed by atoms with Crippen molar-refractivity contribution in [2.75, 3.05) is 29.7 Å². The van der Waals surface area contributed by atoms with Crippen LogP contribution < -0.4 is 19.1 Å². The SMILES string of the molecule is CN(c1ccc(-c2ccc(F)cc2)cc1NC(=O)c1cccc2c1OCO2)S(C)(=O)=O. The number of anilines is 2. The summed E-state index contributed by atoms with van der Waals surface area (Å²) >= 11 is 0. The first kappa shape index (κ1) is 20.7. The molecular weight excluding hydrogens is 423 g/mol. The highest BCUT2D eigenvalue weighted by Crippen LogP contribution is 2.37. The standard InChI is InChI=1S/C22H19FN2O5S/c1-25(31(2,27)28)19-11-8-15(14-6-9-16(23)10-7-14)12-18(19)24-22(26)17-4-3-5-20-21(17)30-13-29-20/h3-12H,13H2,1-2H3,(H,24,26). The minimum absolute atomic E-state index is 0.0156. The molecule has 0 aliphatic carbocycles. The highest BCUT2D eigenvalue weighted by atomic mass is 32.2. The van der Waals surface area contributed by atoms with Crippen molar-refractivity contribution in [2.24, 2.45) is 0 Å². The third-order valence-electron chi connectivity index (χ3n) is 4.90. The summed E-state index contributed by atoms with van der Waals surface area (Å²) in [4.78, 5) is 13.0. The number of hydrogen-bond donors (Lipinski definition) is 1. The zero-order chi connectivity index (χ0) is 22.2. The Kier molecular flexibility index (Phi) is 5.28. The second-order valence-electron chi connectivity index (χ2n) is 6.96. The molecule has 0 spiro atoms. The molecule has 0 atom stereocenters. The molecule has 4 rings (SSSR count). The van der Waals surface area contributed by atoms with Crippen LogP contribution in [0.4, 0.5) is 15.8 Å². The number of rotatable bonds is 5. The first-order chi connectivity index (χ1) is 14.7. The van der Waals surface area contributed by atoms with Gasteiger partial charge in [-0.2, -0.15) is 0 Å². The largest absolute Gasteiger partial charge is 0.454 e. The Morgan fingerprint density at radius 3 is 2.45 bits per heavy atom. The number of nitrogens with zero attached hydrogens (tertiary/aromatic N) is 1. The first-order valence-electron chi connectivity index (χ1n) is 9.28. The van der Waals surface area contributed by atoms with E-state index >= 15 is 0 Å². The molecule has 1 amide bonds. The van der Waals surface area contributed by atoms with Gasteiger partial charge in [-0.15, -0.1) is 0 Å². The second kappa shape index (κ2) is 7.92. The molecule has 1 heterocycles. The quantitative estimate of drug-likeness (QED) is 0.649. The fraction of sp³-hybridized carbons (Fsp3) is 0.136. The Balaban J connectivity index is 1.76. The number of carbonyl (C=O) groups is 1. The number of nitrogens with one attached hydrogen (secondary N) is 1. The highest BCUT2D eigenvalue weighted by molar-refractivity contribution is 7.92. The molecule has 1 N–H and O–H groups in total. The third kappa shape index (κ3) is 4.17. The van der Waals surface area contributed by atoms with Crippen molar-refractivity contribution < 1.29 is 27.1 Å². The molecule has 31 heavy (non-hydrogen) atoms. The van der Waals surface area contributed by atoms with Crippen LogP contribution in [0, 0.1) is 5.82 Å². The predicted molar refractivity (Wildman–Crippen MR) is 116 cm³/mol. The van der Waals surface area contributed by atoms with Crippen LogP contribution in [-0.4, -0.2) is 34.4 Å². The van der Waals surface area contributed by atoms with E-state index in [2.05, 4.69) is 5.32 Å². The molecular formula is C22H19FN2O5S. The smallest absolute Gasteiger partial charge is 0.259 e. The molecule has 3 aromatic rings. The summed E-state index contributed by atoms with van der Waals surface area (Å²) in [6.45, 7) is 0.0156. The number of hydrogen-bond acceptors (Lipinski definition) is 5. The van der Waals surface area contributed by atoms with E-state index in [0.29, 0.717) is 22.6 Å². The van der Waals surface area contributed by atoms with Gasteiger partial charge in [0.05, 0.1) is 23.2 Å². The fourth-order valence-electron chi connectivity index (χ4n) is 3.21. The van der Waals surface area contributed by atoms with Gasteiger partial charge in [-0.3, -0.25) is 9.10 Å². The molecule has 7 nitrogen and oxygen atoms in total. The number of fused-ring (bicyclic) bond motifs is 1. The topological polar surface area (TPSA) is 84.9 Å². The lowest BCUT2D eigenvalue weighted by Gasteiger charge is -2.21. The molecule has 0 saturated heterocycles. The lowest BCUT2D eigenvalue weighted by Crippen LogP contribution is -2.26. The van der Waals surface area contributed by atoms with Crippen molar-refractivity contribution in [1.82, 2.24) is 0 Å². The van der Waals surface area contributed by atoms with Crippen LogP contribution in [0.25, 0.3) is 11.1 Å². The summed E-state index contributed by atoms with van der Waals surface area (Å²) in [5.74, 6) is -0.0680. The van der Waals surface area contributed by atoms with E-state index in [4.69, 9.17) is 9.47 Å². The van der Waals surface area contributed by atoms with Crippen molar-refractivity contribution in [2.45, 2.75) is 0 Å². The number of sulfonamides is 1. The average molecular weight is 442 g/mol. The Bertz CT molecular complexity index is 1260. The maximum atomic E-state index is 13.3. The maximum Gasteiger partial charge on any atom is 0.259 e. The van der Waals surface area contributed by atoms with Crippen LogP contribution in [0.1, 0.15) is 10.4 Å². The molecule has 1 aliphatic heterocycles. The van der Waals surface area contributed by atoms with Crippen LogP contribution in [0.2, 0.25) is 0 Å². The van der Waals surface area contributed by atoms with E-state index in [1.807, 2.05) is 0 Å². The minimum Gasteiger partial charge on any atom is -0.454 e. The zero-order valence-electron chi connectivity index (χ0n) is 16.8. The van der Waals surface area contributed by atoms with E-state index in [9.17, 15) is 17.6 Å². The zero-order valence-corrected chi connectivity index (χ0v) is 17.6. The van der Waals surface area contributed by atoms with E-state index in [-0.39, 0.29) is 29.5 Å². The first-order valence-corrected chi connectivity index (χ1v) is 11.1. The number of para-hydroxylation sites is 1. The third-order valence-corrected chi connectivity index (χ3v) is 6.09. The fourth-order valence-corrected chi connectivity index (χ4v) is 3.73. The molecule has 0 bridgehead atoms. The van der Waals surface area contributed by atoms with Crippen molar-refractivity contribution in [3.63, 3.8) is 0 Å². The Morgan fingerprint density at radius 2 is 1.74 bits per heavy atom. The van der Waals surface area contributed by atoms with Gasteiger partial charge in [-0.1, -0.05) is 24.3 Å². The van der Waals surface area contributed by atoms with Crippen molar-refractivity contribution >= 4 is 27.3 Å². The van der Waals surface area contributed by atoms with Crippen LogP contribution >= 0.6 is 0 Å². The van der Waals surface area contributed by atoms with Crippen LogP contribution in [0.15, 0.2) is 60.7 Å². The van der Waals surface area contributed by atoms with Crippen molar-refractivity contribution in [3.8, 4) is 22.6 Å². The second-order valence-corrected chi connectivity index (χ2v) is 8.98. The van der Waals surface area contributed by atoms with Gasteiger partial charge in [0.15, 0.2) is 11.5 Å². The van der Waals surface area contributed by atoms with Crippen LogP contribution in [-0.2, 0) is 10.0 Å². The van der Waals surface area contributed by atoms with Crippen LogP contribution in [0.5, 0.6) is 11.5 Å². The normalized spacial score (nSPS) is 12.5. The molecule has 0 unspecified atom stereocenters. The summed E-state index contributed by atoms with van der Waals surface area (Å²) in [5.41, 5.74) is 2.21. The van der Waals surface area contributed by atoms with E-state index < -0.39 is 15.9 Å². The van der Waals surface area contributed by atoms with Crippen molar-refractivity contribution in [3.05, 3.63) is 72.0 Å². The molecule has 9 heteroatoms. The minimum atomic E-state index is -3.58. The molecule has 0 radical (unpaired) electrons. The Labute approximate surface area is 179 Å². The van der Waals surface area contributed by atoms with Gasteiger partial charge in [0.2, 0.25) is 16.8 Å². The number of halogens is 1. The van der Waals surface area contributed by atoms with Gasteiger partial charge in [0, 0.05) is 7.05 Å². The summed E-state index contributed by atoms with van der Waals surface area (Å²) in [7, 11) is -2.19. The van der Waals surface area contributed by atoms with Gasteiger partial charge in [0.1, 0.15) is 5.82 Å². The van der Waals surface area contributed by atoms with Gasteiger partial charge in [-0.25, -0.2) is 12.8 Å². The highest BCUT2D eigenvalue weighted by Gasteiger charge is 2.24. The summed E-state index contributed by atoms with van der Waals surface area (Å²) in [6, 6.07) is 15.7. The Morgan fingerprint density at radius 1 is 1.03 bits per heavy atom. The molecule has 1 aliphatic rings. The molecule has 0 saturated carbocycles. The Hall–Kier alpha value is -3.59. The average Bonchev–Trinajstić information content (AvgIpc) is 3.22. The molecule has 0 aromatic heterocycles. The maximum absolute atomic E-state index is 13.3. The number of benzene rings is 3. The van der Waals surface area contributed by atoms with E-state index in [1.165, 1.54) is 19.2 Å². The lowest BCUT2D eigenvalue weighted by molar-refractivity contribution is 0.102. The molecule has 3 aromatic carbocycles. The predicted octanol–water partition coefficient (Wildman–Crippen LogP) is 3.87. The molecule has 0 fully saturated rings. The van der Waals surface area contributed by atoms with E-state index in [0.717, 1.165) is 10.6 Å². The van der Waals surface area contributed by atoms with Gasteiger partial charge >= 0.3 is 0 Å². The van der Waals surface area contributed by atoms with Crippen LogP contribution in [0.3, 0.4) is 0 Å². The van der Waals surface area contributed by atoms with E-state index in [1.54, 1.807) is 48.5 Å². The summed E-state index contributed by atoms with van der Waals surface area (Å²) in [5, 5.41) is 2.78. The number of carbonyl (C=O) groups excluding carboxylic acids is 1. The molecule has 160 valence electrons. The summed E-state index contributed by atoms with van der Waals surface area (Å²) < 4.78 is 49.3. The monoisotopic (exact) mass is 442 g/mol. The number of ether oxygens (including phenoxy) is 2. The van der Waals surface area contributed by atoms with Gasteiger partial charge in [-0.05, 0) is 47.5 Å². The van der Waals surface area contributed by atoms with Gasteiger partial charge in [0.25, 0.3) is 5.91 Å². The van der Waals surface area contributed by atoms with Gasteiger partial charge < -0.3 is 14.8 Å². The number of amides is 1.